The number of anilines is 1. The van der Waals surface area contributed by atoms with Crippen LogP contribution in [0.15, 0.2) is 18.2 Å². The Kier molecular flexibility index (Phi) is 2.58. The summed E-state index contributed by atoms with van der Waals surface area (Å²) in [6.07, 6.45) is 0. The quantitative estimate of drug-likeness (QED) is 0.551. The summed E-state index contributed by atoms with van der Waals surface area (Å²) in [6.45, 7) is 0. The van der Waals surface area contributed by atoms with E-state index in [0.717, 1.165) is 18.2 Å². The molecule has 0 radical (unpaired) electrons. The molecule has 0 aliphatic heterocycles. The number of hydrazine groups is 2. The van der Waals surface area contributed by atoms with Crippen LogP contribution in [0.3, 0.4) is 0 Å². The van der Waals surface area contributed by atoms with E-state index in [-0.39, 0.29) is 5.69 Å². The highest BCUT2D eigenvalue weighted by Gasteiger charge is 2.04. The van der Waals surface area contributed by atoms with Gasteiger partial charge in [0.1, 0.15) is 11.6 Å². The summed E-state index contributed by atoms with van der Waals surface area (Å²) in [6, 6.07) is 2.57. The fourth-order valence-electron chi connectivity index (χ4n) is 0.699. The lowest BCUT2D eigenvalue weighted by Crippen LogP contribution is -2.28. The lowest BCUT2D eigenvalue weighted by atomic mass is 10.3. The first kappa shape index (κ1) is 9.17. The highest BCUT2D eigenvalue weighted by atomic mass is 19.1. The van der Waals surface area contributed by atoms with Crippen LogP contribution < -0.4 is 11.0 Å². The van der Waals surface area contributed by atoms with E-state index < -0.39 is 16.7 Å². The van der Waals surface area contributed by atoms with Gasteiger partial charge >= 0.3 is 0 Å². The van der Waals surface area contributed by atoms with E-state index in [0.29, 0.717) is 0 Å². The maximum atomic E-state index is 12.7. The molecule has 0 aliphatic carbocycles. The van der Waals surface area contributed by atoms with E-state index in [2.05, 4.69) is 0 Å². The number of hydrogen-bond donors (Lipinski definition) is 2. The summed E-state index contributed by atoms with van der Waals surface area (Å²) in [5.41, 5.74) is 3.06. The first-order chi connectivity index (χ1) is 6.09. The molecule has 0 saturated carbocycles. The topological polar surface area (TPSA) is 67.2 Å². The predicted molar refractivity (Wildman–Crippen MR) is 40.1 cm³/mol. The lowest BCUT2D eigenvalue weighted by molar-refractivity contribution is -0.538. The lowest BCUT2D eigenvalue weighted by Gasteiger charge is -2.02. The molecule has 0 unspecified atom stereocenters. The Bertz CT molecular complexity index is 332. The van der Waals surface area contributed by atoms with Gasteiger partial charge in [-0.15, -0.1) is 0 Å². The van der Waals surface area contributed by atoms with Crippen LogP contribution in [0.5, 0.6) is 0 Å². The Balaban J connectivity index is 2.75. The number of rotatable bonds is 3. The molecule has 0 aromatic heterocycles. The molecule has 0 atom stereocenters. The number of benzene rings is 1. The van der Waals surface area contributed by atoms with Crippen LogP contribution in [0.4, 0.5) is 14.5 Å². The Morgan fingerprint density at radius 1 is 1.38 bits per heavy atom. The third kappa shape index (κ3) is 2.55. The van der Waals surface area contributed by atoms with Crippen molar-refractivity contribution in [3.63, 3.8) is 0 Å². The largest absolute Gasteiger partial charge is 0.245 e. The molecule has 0 heterocycles. The van der Waals surface area contributed by atoms with Crippen molar-refractivity contribution in [1.82, 2.24) is 5.53 Å². The third-order valence-corrected chi connectivity index (χ3v) is 1.21. The van der Waals surface area contributed by atoms with Gasteiger partial charge in [-0.3, -0.25) is 0 Å². The molecule has 0 spiro atoms. The van der Waals surface area contributed by atoms with Crippen LogP contribution in [-0.2, 0) is 0 Å². The Labute approximate surface area is 71.5 Å². The highest BCUT2D eigenvalue weighted by Crippen LogP contribution is 2.13. The molecule has 0 fully saturated rings. The number of nitro groups is 1. The van der Waals surface area contributed by atoms with Gasteiger partial charge in [-0.2, -0.15) is 0 Å². The average Bonchev–Trinajstić information content (AvgIpc) is 2.06. The van der Waals surface area contributed by atoms with Gasteiger partial charge < -0.3 is 0 Å². The fraction of sp³-hybridized carbons (Fsp3) is 0. The van der Waals surface area contributed by atoms with Crippen LogP contribution in [0, 0.1) is 21.7 Å². The molecular weight excluding hydrogens is 184 g/mol. The second-order valence-electron chi connectivity index (χ2n) is 2.12. The van der Waals surface area contributed by atoms with Gasteiger partial charge in [0, 0.05) is 6.07 Å². The maximum Gasteiger partial charge on any atom is 0.178 e. The number of nitrogens with one attached hydrogen (secondary N) is 2. The zero-order chi connectivity index (χ0) is 9.84. The molecule has 5 nitrogen and oxygen atoms in total. The minimum Gasteiger partial charge on any atom is -0.245 e. The van der Waals surface area contributed by atoms with Crippen molar-refractivity contribution in [3.8, 4) is 0 Å². The van der Waals surface area contributed by atoms with E-state index in [1.165, 1.54) is 5.53 Å². The molecule has 0 saturated heterocycles. The molecular formula is C6H5F2N3O2. The van der Waals surface area contributed by atoms with Crippen LogP contribution in [-0.4, -0.2) is 5.03 Å². The van der Waals surface area contributed by atoms with Crippen molar-refractivity contribution in [2.45, 2.75) is 0 Å². The maximum absolute atomic E-state index is 12.7. The van der Waals surface area contributed by atoms with Crippen molar-refractivity contribution < 1.29 is 13.8 Å². The number of hydrogen-bond acceptors (Lipinski definition) is 3. The van der Waals surface area contributed by atoms with Crippen molar-refractivity contribution in [1.29, 1.82) is 0 Å². The van der Waals surface area contributed by atoms with E-state index in [9.17, 15) is 18.9 Å². The summed E-state index contributed by atoms with van der Waals surface area (Å²) in [5, 5.41) is 8.86. The molecule has 0 amide bonds. The van der Waals surface area contributed by atoms with Gasteiger partial charge in [-0.25, -0.2) is 24.3 Å². The van der Waals surface area contributed by atoms with Crippen LogP contribution >= 0.6 is 0 Å². The number of nitrogens with zero attached hydrogens (tertiary/aromatic N) is 1. The molecule has 1 aromatic rings. The zero-order valence-electron chi connectivity index (χ0n) is 6.25. The molecule has 2 N–H and O–H groups in total. The minimum atomic E-state index is -0.926. The Morgan fingerprint density at radius 2 is 2.08 bits per heavy atom. The second-order valence-corrected chi connectivity index (χ2v) is 2.12. The normalized spacial score (nSPS) is 9.38. The Morgan fingerprint density at radius 3 is 2.69 bits per heavy atom. The second kappa shape index (κ2) is 3.65. The molecule has 1 aromatic carbocycles. The molecule has 0 bridgehead atoms. The van der Waals surface area contributed by atoms with E-state index in [1.807, 2.05) is 5.43 Å². The van der Waals surface area contributed by atoms with Crippen molar-refractivity contribution >= 4 is 5.69 Å². The van der Waals surface area contributed by atoms with Gasteiger partial charge in [0.2, 0.25) is 0 Å². The van der Waals surface area contributed by atoms with Crippen molar-refractivity contribution in [2.24, 2.45) is 0 Å². The fourth-order valence-corrected chi connectivity index (χ4v) is 0.699. The molecule has 70 valence electrons. The van der Waals surface area contributed by atoms with E-state index in [1.54, 1.807) is 0 Å². The van der Waals surface area contributed by atoms with Gasteiger partial charge in [-0.1, -0.05) is 0 Å². The standard InChI is InChI=1S/C6H5F2N3O2/c7-4-1-2-5(8)6(3-4)9-10-11(12)13/h1-3,9-10H. The van der Waals surface area contributed by atoms with Crippen LogP contribution in [0.25, 0.3) is 0 Å². The average molecular weight is 189 g/mol. The molecule has 1 rings (SSSR count). The van der Waals surface area contributed by atoms with Gasteiger partial charge in [-0.05, 0) is 17.7 Å². The summed E-state index contributed by atoms with van der Waals surface area (Å²) in [5.74, 6) is -1.47. The number of halogens is 2. The van der Waals surface area contributed by atoms with Crippen LogP contribution in [0.1, 0.15) is 0 Å². The summed E-state index contributed by atoms with van der Waals surface area (Å²) in [4.78, 5) is 9.78. The minimum absolute atomic E-state index is 0.322. The zero-order valence-corrected chi connectivity index (χ0v) is 6.25. The highest BCUT2D eigenvalue weighted by molar-refractivity contribution is 5.43. The van der Waals surface area contributed by atoms with Crippen LogP contribution in [0.2, 0.25) is 0 Å². The smallest absolute Gasteiger partial charge is 0.178 e. The van der Waals surface area contributed by atoms with Crippen molar-refractivity contribution in [3.05, 3.63) is 39.9 Å². The molecule has 7 heteroatoms. The summed E-state index contributed by atoms with van der Waals surface area (Å²) in [7, 11) is 0. The van der Waals surface area contributed by atoms with E-state index >= 15 is 0 Å². The molecule has 13 heavy (non-hydrogen) atoms. The summed E-state index contributed by atoms with van der Waals surface area (Å²) < 4.78 is 25.2. The Hall–Kier alpha value is -1.92. The monoisotopic (exact) mass is 189 g/mol. The van der Waals surface area contributed by atoms with E-state index in [4.69, 9.17) is 0 Å². The molecule has 0 aliphatic rings. The SMILES string of the molecule is O=[N+]([O-])NNc1cc(F)ccc1F. The first-order valence-electron chi connectivity index (χ1n) is 3.20. The van der Waals surface area contributed by atoms with Gasteiger partial charge in [0.05, 0.1) is 5.69 Å². The predicted octanol–water partition coefficient (Wildman–Crippen LogP) is 1.07. The van der Waals surface area contributed by atoms with Gasteiger partial charge in [0.25, 0.3) is 0 Å². The first-order valence-corrected chi connectivity index (χ1v) is 3.20. The summed E-state index contributed by atoms with van der Waals surface area (Å²) >= 11 is 0. The van der Waals surface area contributed by atoms with Gasteiger partial charge in [0.15, 0.2) is 5.03 Å². The third-order valence-electron chi connectivity index (χ3n) is 1.21. The van der Waals surface area contributed by atoms with Crippen molar-refractivity contribution in [2.75, 3.05) is 5.43 Å².